The fourth-order valence-corrected chi connectivity index (χ4v) is 5.40. The number of amides is 2. The summed E-state index contributed by atoms with van der Waals surface area (Å²) in [5.41, 5.74) is -1.83. The van der Waals surface area contributed by atoms with Crippen molar-refractivity contribution in [2.24, 2.45) is 11.8 Å². The second-order valence-electron chi connectivity index (χ2n) is 9.48. The lowest BCUT2D eigenvalue weighted by Crippen LogP contribution is -2.55. The van der Waals surface area contributed by atoms with Gasteiger partial charge in [-0.15, -0.1) is 0 Å². The minimum Gasteiger partial charge on any atom is -0.458 e. The summed E-state index contributed by atoms with van der Waals surface area (Å²) in [6.07, 6.45) is -1.58. The summed E-state index contributed by atoms with van der Waals surface area (Å²) in [5, 5.41) is 4.92. The Morgan fingerprint density at radius 2 is 1.86 bits per heavy atom. The lowest BCUT2D eigenvalue weighted by atomic mass is 9.75. The van der Waals surface area contributed by atoms with Gasteiger partial charge >= 0.3 is 12.1 Å². The lowest BCUT2D eigenvalue weighted by Gasteiger charge is -2.44. The summed E-state index contributed by atoms with van der Waals surface area (Å²) in [5.74, 6) is -2.97. The number of likely N-dealkylation sites (tertiary alicyclic amines) is 1. The fraction of sp³-hybridized carbons (Fsp3) is 0.625. The first-order valence-corrected chi connectivity index (χ1v) is 11.9. The SMILES string of the molecule is CC1C(=O)OC2(CCN(C3CCOCC3)CC2)C1C(=O)NCC(=O)Nc1cccc(C(F)(F)F)c1. The molecule has 192 valence electrons. The van der Waals surface area contributed by atoms with E-state index in [1.165, 1.54) is 12.1 Å². The Labute approximate surface area is 201 Å². The van der Waals surface area contributed by atoms with E-state index in [9.17, 15) is 27.6 Å². The van der Waals surface area contributed by atoms with Gasteiger partial charge in [0.15, 0.2) is 0 Å². The lowest BCUT2D eigenvalue weighted by molar-refractivity contribution is -0.157. The molecule has 1 aromatic carbocycles. The van der Waals surface area contributed by atoms with Crippen LogP contribution in [0.1, 0.15) is 38.2 Å². The summed E-state index contributed by atoms with van der Waals surface area (Å²) in [4.78, 5) is 40.2. The van der Waals surface area contributed by atoms with Crippen LogP contribution in [-0.2, 0) is 30.0 Å². The number of piperidine rings is 1. The van der Waals surface area contributed by atoms with Crippen LogP contribution in [0.3, 0.4) is 0 Å². The highest BCUT2D eigenvalue weighted by Crippen LogP contribution is 2.45. The van der Waals surface area contributed by atoms with Gasteiger partial charge in [0.1, 0.15) is 5.60 Å². The molecule has 1 aromatic rings. The van der Waals surface area contributed by atoms with Crippen LogP contribution in [0.4, 0.5) is 18.9 Å². The number of hydrogen-bond acceptors (Lipinski definition) is 6. The van der Waals surface area contributed by atoms with Crippen molar-refractivity contribution >= 4 is 23.5 Å². The van der Waals surface area contributed by atoms with Gasteiger partial charge in [-0.25, -0.2) is 0 Å². The van der Waals surface area contributed by atoms with Gasteiger partial charge in [0.25, 0.3) is 0 Å². The number of anilines is 1. The number of alkyl halides is 3. The summed E-state index contributed by atoms with van der Waals surface area (Å²) in [6.45, 7) is 4.07. The van der Waals surface area contributed by atoms with Gasteiger partial charge in [0.05, 0.1) is 23.9 Å². The number of rotatable bonds is 5. The zero-order valence-corrected chi connectivity index (χ0v) is 19.5. The minimum absolute atomic E-state index is 0.0243. The molecule has 3 heterocycles. The van der Waals surface area contributed by atoms with Crippen molar-refractivity contribution in [3.05, 3.63) is 29.8 Å². The molecule has 0 radical (unpaired) electrons. The third kappa shape index (κ3) is 5.61. The maximum Gasteiger partial charge on any atom is 0.416 e. The van der Waals surface area contributed by atoms with Crippen molar-refractivity contribution in [2.75, 3.05) is 38.2 Å². The Balaban J connectivity index is 1.35. The third-order valence-corrected chi connectivity index (χ3v) is 7.27. The molecule has 0 aromatic heterocycles. The summed E-state index contributed by atoms with van der Waals surface area (Å²) < 4.78 is 49.9. The van der Waals surface area contributed by atoms with E-state index >= 15 is 0 Å². The number of hydrogen-bond donors (Lipinski definition) is 2. The normalized spacial score (nSPS) is 25.3. The molecule has 3 aliphatic heterocycles. The van der Waals surface area contributed by atoms with E-state index < -0.39 is 53.5 Å². The van der Waals surface area contributed by atoms with E-state index in [-0.39, 0.29) is 5.69 Å². The molecule has 1 spiro atoms. The molecule has 3 aliphatic rings. The highest BCUT2D eigenvalue weighted by atomic mass is 19.4. The number of nitrogens with one attached hydrogen (secondary N) is 2. The topological polar surface area (TPSA) is 97.0 Å². The van der Waals surface area contributed by atoms with Crippen molar-refractivity contribution in [3.8, 4) is 0 Å². The van der Waals surface area contributed by atoms with Crippen molar-refractivity contribution in [1.29, 1.82) is 0 Å². The Morgan fingerprint density at radius 1 is 1.17 bits per heavy atom. The quantitative estimate of drug-likeness (QED) is 0.607. The maximum absolute atomic E-state index is 13.1. The average Bonchev–Trinajstić information content (AvgIpc) is 3.07. The van der Waals surface area contributed by atoms with E-state index in [0.717, 1.165) is 38.2 Å². The molecule has 2 atom stereocenters. The molecule has 8 nitrogen and oxygen atoms in total. The van der Waals surface area contributed by atoms with E-state index in [1.54, 1.807) is 6.92 Å². The number of halogens is 3. The number of carbonyl (C=O) groups excluding carboxylic acids is 3. The molecule has 0 bridgehead atoms. The molecule has 0 saturated carbocycles. The fourth-order valence-electron chi connectivity index (χ4n) is 5.40. The van der Waals surface area contributed by atoms with Crippen LogP contribution in [0.15, 0.2) is 24.3 Å². The van der Waals surface area contributed by atoms with Crippen molar-refractivity contribution in [3.63, 3.8) is 0 Å². The van der Waals surface area contributed by atoms with E-state index in [0.29, 0.717) is 32.0 Å². The summed E-state index contributed by atoms with van der Waals surface area (Å²) >= 11 is 0. The molecular weight excluding hydrogens is 467 g/mol. The number of carbonyl (C=O) groups is 3. The van der Waals surface area contributed by atoms with Crippen LogP contribution in [0.25, 0.3) is 0 Å². The van der Waals surface area contributed by atoms with Gasteiger partial charge in [-0.1, -0.05) is 13.0 Å². The highest BCUT2D eigenvalue weighted by molar-refractivity contribution is 5.96. The van der Waals surface area contributed by atoms with Gasteiger partial charge in [-0.3, -0.25) is 19.3 Å². The Kier molecular flexibility index (Phi) is 7.37. The van der Waals surface area contributed by atoms with Gasteiger partial charge in [0.2, 0.25) is 11.8 Å². The van der Waals surface area contributed by atoms with Gasteiger partial charge in [-0.2, -0.15) is 13.2 Å². The minimum atomic E-state index is -4.53. The summed E-state index contributed by atoms with van der Waals surface area (Å²) in [6, 6.07) is 4.68. The second kappa shape index (κ2) is 10.1. The maximum atomic E-state index is 13.1. The predicted octanol–water partition coefficient (Wildman–Crippen LogP) is 2.58. The molecule has 4 rings (SSSR count). The molecule has 2 unspecified atom stereocenters. The van der Waals surface area contributed by atoms with E-state index in [2.05, 4.69) is 15.5 Å². The first-order valence-electron chi connectivity index (χ1n) is 11.9. The van der Waals surface area contributed by atoms with Crippen LogP contribution in [0.2, 0.25) is 0 Å². The largest absolute Gasteiger partial charge is 0.458 e. The Bertz CT molecular complexity index is 956. The molecule has 2 amide bonds. The standard InChI is InChI=1S/C24H30F3N3O5/c1-15-20(21(32)28-14-19(31)29-17-4-2-3-16(13-17)24(25,26)27)23(35-22(15)33)7-9-30(10-8-23)18-5-11-34-12-6-18/h2-4,13,15,18,20H,5-12,14H2,1H3,(H,28,32)(H,29,31). The van der Waals surface area contributed by atoms with E-state index in [1.807, 2.05) is 0 Å². The molecule has 3 saturated heterocycles. The monoisotopic (exact) mass is 497 g/mol. The molecule has 11 heteroatoms. The van der Waals surface area contributed by atoms with Gasteiger partial charge in [-0.05, 0) is 31.0 Å². The Morgan fingerprint density at radius 3 is 2.51 bits per heavy atom. The molecule has 35 heavy (non-hydrogen) atoms. The molecule has 2 N–H and O–H groups in total. The molecule has 3 fully saturated rings. The number of ether oxygens (including phenoxy) is 2. The first kappa shape index (κ1) is 25.4. The van der Waals surface area contributed by atoms with E-state index in [4.69, 9.17) is 9.47 Å². The third-order valence-electron chi connectivity index (χ3n) is 7.27. The zero-order chi connectivity index (χ0) is 25.2. The zero-order valence-electron chi connectivity index (χ0n) is 19.5. The smallest absolute Gasteiger partial charge is 0.416 e. The molecular formula is C24H30F3N3O5. The highest BCUT2D eigenvalue weighted by Gasteiger charge is 2.58. The van der Waals surface area contributed by atoms with Crippen molar-refractivity contribution in [2.45, 2.75) is 50.4 Å². The van der Waals surface area contributed by atoms with Gasteiger partial charge < -0.3 is 20.1 Å². The van der Waals surface area contributed by atoms with Crippen LogP contribution in [0, 0.1) is 11.8 Å². The average molecular weight is 498 g/mol. The summed E-state index contributed by atoms with van der Waals surface area (Å²) in [7, 11) is 0. The second-order valence-corrected chi connectivity index (χ2v) is 9.48. The van der Waals surface area contributed by atoms with Crippen LogP contribution < -0.4 is 10.6 Å². The number of nitrogens with zero attached hydrogens (tertiary/aromatic N) is 1. The van der Waals surface area contributed by atoms with Gasteiger partial charge in [0, 0.05) is 50.9 Å². The molecule has 0 aliphatic carbocycles. The van der Waals surface area contributed by atoms with Crippen molar-refractivity contribution < 1.29 is 37.0 Å². The predicted molar refractivity (Wildman–Crippen MR) is 119 cm³/mol. The van der Waals surface area contributed by atoms with Crippen LogP contribution in [-0.4, -0.2) is 67.2 Å². The number of benzene rings is 1. The van der Waals surface area contributed by atoms with Crippen molar-refractivity contribution in [1.82, 2.24) is 10.2 Å². The number of esters is 1. The van der Waals surface area contributed by atoms with Crippen LogP contribution in [0.5, 0.6) is 0 Å². The first-order chi connectivity index (χ1) is 16.6. The van der Waals surface area contributed by atoms with Crippen LogP contribution >= 0.6 is 0 Å². The Hall–Kier alpha value is -2.66.